The monoisotopic (exact) mass is 374 g/mol. The minimum absolute atomic E-state index is 0.0215. The van der Waals surface area contributed by atoms with Crippen molar-refractivity contribution in [1.29, 1.82) is 0 Å². The molecule has 0 unspecified atom stereocenters. The quantitative estimate of drug-likeness (QED) is 0.530. The van der Waals surface area contributed by atoms with Crippen LogP contribution in [0.25, 0.3) is 16.7 Å². The molecule has 0 aliphatic heterocycles. The van der Waals surface area contributed by atoms with Crippen LogP contribution in [0.4, 0.5) is 5.82 Å². The topological polar surface area (TPSA) is 115 Å². The maximum Gasteiger partial charge on any atom is 0.267 e. The number of hydrogen-bond acceptors (Lipinski definition) is 6. The van der Waals surface area contributed by atoms with Crippen LogP contribution in [0.3, 0.4) is 0 Å². The summed E-state index contributed by atoms with van der Waals surface area (Å²) in [6.45, 7) is 3.70. The number of nitrogens with zero attached hydrogens (tertiary/aromatic N) is 4. The third-order valence-electron chi connectivity index (χ3n) is 4.63. The van der Waals surface area contributed by atoms with Gasteiger partial charge in [-0.1, -0.05) is 12.1 Å². The Labute approximate surface area is 160 Å². The van der Waals surface area contributed by atoms with E-state index in [1.807, 2.05) is 26.0 Å². The normalized spacial score (nSPS) is 12.2. The van der Waals surface area contributed by atoms with Crippen molar-refractivity contribution in [3.8, 4) is 0 Å². The van der Waals surface area contributed by atoms with Crippen molar-refractivity contribution in [2.75, 3.05) is 5.73 Å². The van der Waals surface area contributed by atoms with Gasteiger partial charge in [0.15, 0.2) is 5.65 Å². The van der Waals surface area contributed by atoms with E-state index in [0.29, 0.717) is 5.65 Å². The number of pyridine rings is 3. The van der Waals surface area contributed by atoms with Gasteiger partial charge >= 0.3 is 0 Å². The molecular formula is C20H18N6O2. The molecule has 3 N–H and O–H groups in total. The summed E-state index contributed by atoms with van der Waals surface area (Å²) in [5.74, 6) is -0.398. The first-order chi connectivity index (χ1) is 13.5. The second kappa shape index (κ2) is 6.73. The number of nitrogens with two attached hydrogens (primary N) is 1. The van der Waals surface area contributed by atoms with Crippen LogP contribution in [0, 0.1) is 6.92 Å². The van der Waals surface area contributed by atoms with Crippen LogP contribution in [-0.2, 0) is 0 Å². The van der Waals surface area contributed by atoms with Crippen LogP contribution in [0.1, 0.15) is 34.5 Å². The molecule has 0 spiro atoms. The number of nitrogens with one attached hydrogen (secondary N) is 1. The fourth-order valence-electron chi connectivity index (χ4n) is 3.08. The number of anilines is 1. The number of fused-ring (bicyclic) bond motifs is 2. The smallest absolute Gasteiger partial charge is 0.267 e. The summed E-state index contributed by atoms with van der Waals surface area (Å²) in [6, 6.07) is 8.46. The van der Waals surface area contributed by atoms with E-state index in [4.69, 9.17) is 5.73 Å². The molecule has 1 amide bonds. The Morgan fingerprint density at radius 2 is 2.07 bits per heavy atom. The lowest BCUT2D eigenvalue weighted by Crippen LogP contribution is -2.28. The van der Waals surface area contributed by atoms with Crippen molar-refractivity contribution >= 4 is 28.4 Å². The van der Waals surface area contributed by atoms with E-state index in [-0.39, 0.29) is 34.0 Å². The lowest BCUT2D eigenvalue weighted by Gasteiger charge is -2.15. The van der Waals surface area contributed by atoms with Crippen LogP contribution in [0.15, 0.2) is 53.7 Å². The highest BCUT2D eigenvalue weighted by molar-refractivity contribution is 6.01. The number of carbonyl (C=O) groups excluding carboxylic acids is 1. The van der Waals surface area contributed by atoms with Gasteiger partial charge in [-0.05, 0) is 43.2 Å². The molecule has 0 bridgehead atoms. The number of aromatic nitrogens is 4. The zero-order valence-electron chi connectivity index (χ0n) is 15.4. The molecule has 4 heterocycles. The molecule has 4 rings (SSSR count). The first-order valence-corrected chi connectivity index (χ1v) is 8.74. The van der Waals surface area contributed by atoms with Gasteiger partial charge in [0.2, 0.25) is 0 Å². The summed E-state index contributed by atoms with van der Waals surface area (Å²) in [6.07, 6.45) is 4.98. The Hall–Kier alpha value is -3.81. The SMILES string of the molecule is Cc1cccn2c(=O)c3cc(C(=O)N[C@@H](C)c4cccnc4)c(N)nc3nc12. The summed E-state index contributed by atoms with van der Waals surface area (Å²) in [7, 11) is 0. The van der Waals surface area contributed by atoms with E-state index in [1.165, 1.54) is 10.5 Å². The highest BCUT2D eigenvalue weighted by Gasteiger charge is 2.18. The summed E-state index contributed by atoms with van der Waals surface area (Å²) in [5, 5.41) is 3.09. The van der Waals surface area contributed by atoms with Gasteiger partial charge in [0.05, 0.1) is 17.0 Å². The molecule has 28 heavy (non-hydrogen) atoms. The van der Waals surface area contributed by atoms with Gasteiger partial charge in [0.1, 0.15) is 11.5 Å². The Morgan fingerprint density at radius 3 is 2.82 bits per heavy atom. The number of aryl methyl sites for hydroxylation is 1. The molecule has 0 aromatic carbocycles. The molecule has 0 aliphatic carbocycles. The molecule has 140 valence electrons. The Morgan fingerprint density at radius 1 is 1.25 bits per heavy atom. The summed E-state index contributed by atoms with van der Waals surface area (Å²) in [4.78, 5) is 38.3. The van der Waals surface area contributed by atoms with E-state index in [2.05, 4.69) is 20.3 Å². The molecule has 0 aliphatic rings. The van der Waals surface area contributed by atoms with Gasteiger partial charge in [-0.15, -0.1) is 0 Å². The summed E-state index contributed by atoms with van der Waals surface area (Å²) >= 11 is 0. The molecule has 1 atom stereocenters. The van der Waals surface area contributed by atoms with Gasteiger partial charge in [-0.3, -0.25) is 19.0 Å². The van der Waals surface area contributed by atoms with Crippen LogP contribution >= 0.6 is 0 Å². The Kier molecular flexibility index (Phi) is 4.23. The molecule has 8 nitrogen and oxygen atoms in total. The van der Waals surface area contributed by atoms with Gasteiger partial charge < -0.3 is 11.1 Å². The van der Waals surface area contributed by atoms with Crippen molar-refractivity contribution < 1.29 is 4.79 Å². The van der Waals surface area contributed by atoms with E-state index in [9.17, 15) is 9.59 Å². The summed E-state index contributed by atoms with van der Waals surface area (Å²) < 4.78 is 1.44. The van der Waals surface area contributed by atoms with Crippen molar-refractivity contribution in [3.63, 3.8) is 0 Å². The highest BCUT2D eigenvalue weighted by atomic mass is 16.2. The van der Waals surface area contributed by atoms with E-state index >= 15 is 0 Å². The lowest BCUT2D eigenvalue weighted by atomic mass is 10.1. The second-order valence-corrected chi connectivity index (χ2v) is 6.58. The lowest BCUT2D eigenvalue weighted by molar-refractivity contribution is 0.0940. The Bertz CT molecular complexity index is 1270. The zero-order valence-corrected chi connectivity index (χ0v) is 15.4. The zero-order chi connectivity index (χ0) is 19.8. The van der Waals surface area contributed by atoms with Crippen molar-refractivity contribution in [3.05, 3.63) is 76.0 Å². The molecule has 0 saturated heterocycles. The molecule has 0 radical (unpaired) electrons. The van der Waals surface area contributed by atoms with E-state index < -0.39 is 5.91 Å². The number of hydrogen-bond donors (Lipinski definition) is 2. The van der Waals surface area contributed by atoms with Crippen LogP contribution in [-0.4, -0.2) is 25.3 Å². The van der Waals surface area contributed by atoms with Gasteiger partial charge in [0, 0.05) is 18.6 Å². The number of carbonyl (C=O) groups is 1. The summed E-state index contributed by atoms with van der Waals surface area (Å²) in [5.41, 5.74) is 8.25. The maximum absolute atomic E-state index is 12.9. The first kappa shape index (κ1) is 17.6. The predicted molar refractivity (Wildman–Crippen MR) is 106 cm³/mol. The molecule has 0 fully saturated rings. The largest absolute Gasteiger partial charge is 0.383 e. The Balaban J connectivity index is 1.78. The molecular weight excluding hydrogens is 356 g/mol. The average Bonchev–Trinajstić information content (AvgIpc) is 2.69. The number of nitrogen functional groups attached to an aromatic ring is 1. The van der Waals surface area contributed by atoms with Crippen LogP contribution in [0.2, 0.25) is 0 Å². The predicted octanol–water partition coefficient (Wildman–Crippen LogP) is 2.02. The van der Waals surface area contributed by atoms with Crippen LogP contribution < -0.4 is 16.6 Å². The number of amides is 1. The second-order valence-electron chi connectivity index (χ2n) is 6.58. The van der Waals surface area contributed by atoms with Crippen molar-refractivity contribution in [2.24, 2.45) is 0 Å². The minimum atomic E-state index is -0.419. The first-order valence-electron chi connectivity index (χ1n) is 8.74. The molecule has 4 aromatic heterocycles. The van der Waals surface area contributed by atoms with Crippen molar-refractivity contribution in [2.45, 2.75) is 19.9 Å². The van der Waals surface area contributed by atoms with Gasteiger partial charge in [-0.25, -0.2) is 9.97 Å². The third-order valence-corrected chi connectivity index (χ3v) is 4.63. The minimum Gasteiger partial charge on any atom is -0.383 e. The standard InChI is InChI=1S/C20H18N6O2/c1-11-5-4-8-26-18(11)25-17-15(20(26)28)9-14(16(21)24-17)19(27)23-12(2)13-6-3-7-22-10-13/h3-10,12H,1-2H3,(H2,21,24)(H,23,27)/t12-/m0/s1. The highest BCUT2D eigenvalue weighted by Crippen LogP contribution is 2.18. The van der Waals surface area contributed by atoms with Gasteiger partial charge in [-0.2, -0.15) is 0 Å². The third kappa shape index (κ3) is 2.94. The molecule has 0 saturated carbocycles. The van der Waals surface area contributed by atoms with Gasteiger partial charge in [0.25, 0.3) is 11.5 Å². The average molecular weight is 374 g/mol. The fraction of sp³-hybridized carbons (Fsp3) is 0.150. The van der Waals surface area contributed by atoms with Crippen LogP contribution in [0.5, 0.6) is 0 Å². The molecule has 4 aromatic rings. The van der Waals surface area contributed by atoms with Crippen molar-refractivity contribution in [1.82, 2.24) is 24.7 Å². The van der Waals surface area contributed by atoms with E-state index in [1.54, 1.807) is 30.7 Å². The molecule has 8 heteroatoms. The number of rotatable bonds is 3. The fourth-order valence-corrected chi connectivity index (χ4v) is 3.08. The van der Waals surface area contributed by atoms with E-state index in [0.717, 1.165) is 11.1 Å². The maximum atomic E-state index is 12.9.